The summed E-state index contributed by atoms with van der Waals surface area (Å²) >= 11 is 0. The van der Waals surface area contributed by atoms with Crippen molar-refractivity contribution in [3.8, 4) is 0 Å². The third kappa shape index (κ3) is 2.52. The van der Waals surface area contributed by atoms with E-state index in [1.165, 1.54) is 4.31 Å². The summed E-state index contributed by atoms with van der Waals surface area (Å²) in [6.07, 6.45) is 5.06. The molecule has 110 valence electrons. The van der Waals surface area contributed by atoms with Gasteiger partial charge in [0.1, 0.15) is 4.90 Å². The Balaban J connectivity index is 2.01. The van der Waals surface area contributed by atoms with Crippen LogP contribution >= 0.6 is 0 Å². The maximum absolute atomic E-state index is 12.9. The zero-order valence-electron chi connectivity index (χ0n) is 11.5. The molecule has 1 atom stereocenters. The van der Waals surface area contributed by atoms with Crippen LogP contribution in [0, 0.1) is 0 Å². The van der Waals surface area contributed by atoms with Gasteiger partial charge in [-0.05, 0) is 36.6 Å². The Bertz CT molecular complexity index is 732. The van der Waals surface area contributed by atoms with E-state index in [2.05, 4.69) is 4.98 Å². The summed E-state index contributed by atoms with van der Waals surface area (Å²) < 4.78 is 27.3. The van der Waals surface area contributed by atoms with Crippen LogP contribution in [0.15, 0.2) is 53.7 Å². The summed E-state index contributed by atoms with van der Waals surface area (Å²) in [6, 6.07) is 10.2. The first-order valence-corrected chi connectivity index (χ1v) is 8.31. The molecule has 1 aromatic carbocycles. The molecule has 1 aromatic heterocycles. The quantitative estimate of drug-likeness (QED) is 0.882. The number of anilines is 1. The number of nitrogens with zero attached hydrogens (tertiary/aromatic N) is 2. The fourth-order valence-electron chi connectivity index (χ4n) is 2.78. The molecular weight excluding hydrogens is 286 g/mol. The van der Waals surface area contributed by atoms with Gasteiger partial charge in [-0.1, -0.05) is 18.2 Å². The average Bonchev–Trinajstić information content (AvgIpc) is 2.99. The van der Waals surface area contributed by atoms with Crippen LogP contribution in [0.2, 0.25) is 0 Å². The molecule has 1 unspecified atom stereocenters. The Labute approximate surface area is 124 Å². The standard InChI is InChI=1S/C15H17N3O2S/c16-13-6-1-2-8-15(13)21(19,20)18-10-4-7-14(18)12-5-3-9-17-11-12/h1-3,5-6,8-9,11,14H,4,7,10,16H2. The van der Waals surface area contributed by atoms with E-state index in [1.54, 1.807) is 36.7 Å². The van der Waals surface area contributed by atoms with Crippen LogP contribution < -0.4 is 5.73 Å². The highest BCUT2D eigenvalue weighted by atomic mass is 32.2. The number of aromatic nitrogens is 1. The van der Waals surface area contributed by atoms with E-state index in [0.29, 0.717) is 6.54 Å². The number of sulfonamides is 1. The Morgan fingerprint density at radius 3 is 2.71 bits per heavy atom. The molecule has 1 aliphatic heterocycles. The fourth-order valence-corrected chi connectivity index (χ4v) is 4.58. The second kappa shape index (κ2) is 5.46. The largest absolute Gasteiger partial charge is 0.398 e. The van der Waals surface area contributed by atoms with Crippen LogP contribution in [0.3, 0.4) is 0 Å². The maximum atomic E-state index is 12.9. The Hall–Kier alpha value is -1.92. The molecule has 0 amide bonds. The van der Waals surface area contributed by atoms with Gasteiger partial charge in [-0.3, -0.25) is 4.98 Å². The van der Waals surface area contributed by atoms with E-state index in [-0.39, 0.29) is 16.6 Å². The molecule has 6 heteroatoms. The zero-order chi connectivity index (χ0) is 14.9. The lowest BCUT2D eigenvalue weighted by Crippen LogP contribution is -2.31. The van der Waals surface area contributed by atoms with E-state index in [4.69, 9.17) is 5.73 Å². The Morgan fingerprint density at radius 1 is 1.19 bits per heavy atom. The van der Waals surface area contributed by atoms with Gasteiger partial charge in [0.25, 0.3) is 0 Å². The summed E-state index contributed by atoms with van der Waals surface area (Å²) in [4.78, 5) is 4.27. The van der Waals surface area contributed by atoms with Gasteiger partial charge in [-0.15, -0.1) is 0 Å². The molecule has 1 fully saturated rings. The van der Waals surface area contributed by atoms with E-state index in [9.17, 15) is 8.42 Å². The van der Waals surface area contributed by atoms with Crippen molar-refractivity contribution in [2.75, 3.05) is 12.3 Å². The third-order valence-corrected chi connectivity index (χ3v) is 5.76. The first kappa shape index (κ1) is 14.0. The predicted octanol–water partition coefficient (Wildman–Crippen LogP) is 2.19. The van der Waals surface area contributed by atoms with Crippen LogP contribution in [0.5, 0.6) is 0 Å². The number of nitrogen functional groups attached to an aromatic ring is 1. The second-order valence-corrected chi connectivity index (χ2v) is 6.96. The maximum Gasteiger partial charge on any atom is 0.245 e. The third-order valence-electron chi connectivity index (χ3n) is 3.78. The molecule has 1 aliphatic rings. The average molecular weight is 303 g/mol. The molecule has 0 saturated carbocycles. The number of para-hydroxylation sites is 1. The van der Waals surface area contributed by atoms with Crippen molar-refractivity contribution >= 4 is 15.7 Å². The van der Waals surface area contributed by atoms with Gasteiger partial charge in [0.15, 0.2) is 0 Å². The first-order valence-electron chi connectivity index (χ1n) is 6.87. The lowest BCUT2D eigenvalue weighted by Gasteiger charge is -2.24. The molecule has 1 saturated heterocycles. The highest BCUT2D eigenvalue weighted by Crippen LogP contribution is 2.37. The summed E-state index contributed by atoms with van der Waals surface area (Å²) in [6.45, 7) is 0.510. The van der Waals surface area contributed by atoms with Crippen LogP contribution in [0.4, 0.5) is 5.69 Å². The monoisotopic (exact) mass is 303 g/mol. The number of hydrogen-bond acceptors (Lipinski definition) is 4. The minimum Gasteiger partial charge on any atom is -0.398 e. The summed E-state index contributed by atoms with van der Waals surface area (Å²) in [5.41, 5.74) is 7.05. The molecule has 0 spiro atoms. The Kier molecular flexibility index (Phi) is 3.65. The van der Waals surface area contributed by atoms with Gasteiger partial charge in [0, 0.05) is 18.9 Å². The van der Waals surface area contributed by atoms with E-state index >= 15 is 0 Å². The SMILES string of the molecule is Nc1ccccc1S(=O)(=O)N1CCCC1c1cccnc1. The molecule has 3 rings (SSSR count). The van der Waals surface area contributed by atoms with Crippen molar-refractivity contribution in [2.24, 2.45) is 0 Å². The molecule has 2 aromatic rings. The van der Waals surface area contributed by atoms with Crippen LogP contribution in [-0.2, 0) is 10.0 Å². The summed E-state index contributed by atoms with van der Waals surface area (Å²) in [5, 5.41) is 0. The molecule has 2 N–H and O–H groups in total. The minimum absolute atomic E-state index is 0.164. The van der Waals surface area contributed by atoms with Crippen LogP contribution in [-0.4, -0.2) is 24.3 Å². The van der Waals surface area contributed by atoms with E-state index < -0.39 is 10.0 Å². The van der Waals surface area contributed by atoms with Gasteiger partial charge in [-0.25, -0.2) is 8.42 Å². The van der Waals surface area contributed by atoms with Crippen molar-refractivity contribution < 1.29 is 8.42 Å². The number of pyridine rings is 1. The van der Waals surface area contributed by atoms with Crippen molar-refractivity contribution in [1.29, 1.82) is 0 Å². The smallest absolute Gasteiger partial charge is 0.245 e. The molecule has 21 heavy (non-hydrogen) atoms. The zero-order valence-corrected chi connectivity index (χ0v) is 12.3. The van der Waals surface area contributed by atoms with Gasteiger partial charge < -0.3 is 5.73 Å². The summed E-state index contributed by atoms with van der Waals surface area (Å²) in [7, 11) is -3.59. The van der Waals surface area contributed by atoms with Gasteiger partial charge >= 0.3 is 0 Å². The van der Waals surface area contributed by atoms with Crippen molar-refractivity contribution in [3.63, 3.8) is 0 Å². The lowest BCUT2D eigenvalue weighted by molar-refractivity contribution is 0.396. The van der Waals surface area contributed by atoms with Crippen LogP contribution in [0.1, 0.15) is 24.4 Å². The van der Waals surface area contributed by atoms with E-state index in [1.807, 2.05) is 12.1 Å². The molecule has 2 heterocycles. The van der Waals surface area contributed by atoms with Gasteiger partial charge in [-0.2, -0.15) is 4.31 Å². The number of nitrogens with two attached hydrogens (primary N) is 1. The van der Waals surface area contributed by atoms with Crippen molar-refractivity contribution in [3.05, 3.63) is 54.4 Å². The normalized spacial score (nSPS) is 19.7. The van der Waals surface area contributed by atoms with Gasteiger partial charge in [0.05, 0.1) is 11.7 Å². The van der Waals surface area contributed by atoms with E-state index in [0.717, 1.165) is 18.4 Å². The highest BCUT2D eigenvalue weighted by Gasteiger charge is 2.36. The second-order valence-electron chi connectivity index (χ2n) is 5.10. The molecular formula is C15H17N3O2S. The molecule has 0 radical (unpaired) electrons. The van der Waals surface area contributed by atoms with Crippen LogP contribution in [0.25, 0.3) is 0 Å². The minimum atomic E-state index is -3.59. The topological polar surface area (TPSA) is 76.3 Å². The molecule has 5 nitrogen and oxygen atoms in total. The number of benzene rings is 1. The Morgan fingerprint density at radius 2 is 2.00 bits per heavy atom. The predicted molar refractivity (Wildman–Crippen MR) is 81.0 cm³/mol. The lowest BCUT2D eigenvalue weighted by atomic mass is 10.1. The number of hydrogen-bond donors (Lipinski definition) is 1. The van der Waals surface area contributed by atoms with Crippen molar-refractivity contribution in [1.82, 2.24) is 9.29 Å². The molecule has 0 aliphatic carbocycles. The fraction of sp³-hybridized carbons (Fsp3) is 0.267. The summed E-state index contributed by atoms with van der Waals surface area (Å²) in [5.74, 6) is 0. The van der Waals surface area contributed by atoms with Gasteiger partial charge in [0.2, 0.25) is 10.0 Å². The highest BCUT2D eigenvalue weighted by molar-refractivity contribution is 7.89. The first-order chi connectivity index (χ1) is 10.1. The molecule has 0 bridgehead atoms. The number of rotatable bonds is 3. The van der Waals surface area contributed by atoms with Crippen molar-refractivity contribution in [2.45, 2.75) is 23.8 Å².